The molecule has 0 aromatic carbocycles. The van der Waals surface area contributed by atoms with Gasteiger partial charge in [-0.15, -0.1) is 0 Å². The van der Waals surface area contributed by atoms with E-state index in [2.05, 4.69) is 31.5 Å². The van der Waals surface area contributed by atoms with Crippen LogP contribution in [0.3, 0.4) is 0 Å². The maximum absolute atomic E-state index is 5.65. The summed E-state index contributed by atoms with van der Waals surface area (Å²) in [5.74, 6) is 0. The molecule has 1 N–H and O–H groups in total. The molecule has 0 radical (unpaired) electrons. The lowest BCUT2D eigenvalue weighted by Crippen LogP contribution is -2.54. The van der Waals surface area contributed by atoms with Crippen LogP contribution in [0, 0.1) is 0 Å². The highest BCUT2D eigenvalue weighted by atomic mass is 29.2. The average molecular weight is 177 g/mol. The minimum absolute atomic E-state index is 0.863. The third kappa shape index (κ3) is 3.50. The zero-order valence-electron chi connectivity index (χ0n) is 7.69. The van der Waals surface area contributed by atoms with Crippen molar-refractivity contribution in [3.05, 3.63) is 0 Å². The largest absolute Gasteiger partial charge is 0.409 e. The SMILES string of the molecule is CCO[SiH](NC)[Si](C)(C)C. The quantitative estimate of drug-likeness (QED) is 0.644. The highest BCUT2D eigenvalue weighted by Crippen LogP contribution is 2.04. The summed E-state index contributed by atoms with van der Waals surface area (Å²) >= 11 is 0. The molecular weight excluding hydrogens is 158 g/mol. The fourth-order valence-electron chi connectivity index (χ4n) is 0.933. The normalized spacial score (nSPS) is 15.3. The molecule has 0 bridgehead atoms. The first-order chi connectivity index (χ1) is 4.52. The molecule has 0 aromatic rings. The maximum Gasteiger partial charge on any atom is 0.234 e. The number of rotatable bonds is 4. The molecule has 0 aliphatic rings. The maximum atomic E-state index is 5.65. The lowest BCUT2D eigenvalue weighted by molar-refractivity contribution is 0.347. The van der Waals surface area contributed by atoms with Gasteiger partial charge in [0.15, 0.2) is 0 Å². The molecular formula is C6H19NOSi2. The Morgan fingerprint density at radius 2 is 1.90 bits per heavy atom. The molecule has 0 spiro atoms. The van der Waals surface area contributed by atoms with Gasteiger partial charge in [0.2, 0.25) is 8.72 Å². The van der Waals surface area contributed by atoms with E-state index in [9.17, 15) is 0 Å². The summed E-state index contributed by atoms with van der Waals surface area (Å²) in [6.45, 7) is 10.0. The minimum Gasteiger partial charge on any atom is -0.409 e. The van der Waals surface area contributed by atoms with E-state index in [1.54, 1.807) is 0 Å². The Balaban J connectivity index is 3.81. The third-order valence-corrected chi connectivity index (χ3v) is 10.2. The summed E-state index contributed by atoms with van der Waals surface area (Å²) in [7, 11) is 0.00424. The van der Waals surface area contributed by atoms with Gasteiger partial charge in [0, 0.05) is 6.61 Å². The van der Waals surface area contributed by atoms with Crippen molar-refractivity contribution in [1.82, 2.24) is 4.98 Å². The van der Waals surface area contributed by atoms with Crippen LogP contribution in [0.15, 0.2) is 0 Å². The second-order valence-electron chi connectivity index (χ2n) is 3.49. The van der Waals surface area contributed by atoms with Gasteiger partial charge in [0.05, 0.1) is 7.59 Å². The molecule has 10 heavy (non-hydrogen) atoms. The first-order valence-corrected chi connectivity index (χ1v) is 10.2. The monoisotopic (exact) mass is 177 g/mol. The molecule has 1 unspecified atom stereocenters. The van der Waals surface area contributed by atoms with Gasteiger partial charge in [-0.3, -0.25) is 0 Å². The summed E-state index contributed by atoms with van der Waals surface area (Å²) in [5.41, 5.74) is 0. The molecule has 62 valence electrons. The lowest BCUT2D eigenvalue weighted by Gasteiger charge is -2.25. The fraction of sp³-hybridized carbons (Fsp3) is 1.00. The molecule has 0 rings (SSSR count). The molecule has 0 fully saturated rings. The smallest absolute Gasteiger partial charge is 0.234 e. The predicted molar refractivity (Wildman–Crippen MR) is 51.2 cm³/mol. The van der Waals surface area contributed by atoms with Crippen molar-refractivity contribution in [3.63, 3.8) is 0 Å². The second kappa shape index (κ2) is 4.28. The van der Waals surface area contributed by atoms with Gasteiger partial charge in [0.25, 0.3) is 0 Å². The minimum atomic E-state index is -1.01. The number of hydrogen-bond donors (Lipinski definition) is 1. The summed E-state index contributed by atoms with van der Waals surface area (Å²) in [6, 6.07) is 0. The number of nitrogens with one attached hydrogen (secondary N) is 1. The van der Waals surface area contributed by atoms with Gasteiger partial charge in [-0.2, -0.15) is 0 Å². The van der Waals surface area contributed by atoms with Crippen molar-refractivity contribution < 1.29 is 4.43 Å². The summed E-state index contributed by atoms with van der Waals surface area (Å²) < 4.78 is 5.65. The van der Waals surface area contributed by atoms with Crippen molar-refractivity contribution in [2.24, 2.45) is 0 Å². The zero-order valence-corrected chi connectivity index (χ0v) is 9.85. The van der Waals surface area contributed by atoms with Gasteiger partial charge in [-0.05, 0) is 14.0 Å². The summed E-state index contributed by atoms with van der Waals surface area (Å²) in [6.07, 6.45) is 0. The highest BCUT2D eigenvalue weighted by molar-refractivity contribution is 7.28. The Labute approximate surface area is 66.6 Å². The van der Waals surface area contributed by atoms with Gasteiger partial charge in [-0.1, -0.05) is 19.6 Å². The van der Waals surface area contributed by atoms with E-state index in [0.717, 1.165) is 6.61 Å². The Morgan fingerprint density at radius 3 is 2.00 bits per heavy atom. The molecule has 0 aromatic heterocycles. The van der Waals surface area contributed by atoms with E-state index in [1.165, 1.54) is 0 Å². The molecule has 2 nitrogen and oxygen atoms in total. The van der Waals surface area contributed by atoms with E-state index in [4.69, 9.17) is 4.43 Å². The van der Waals surface area contributed by atoms with Crippen molar-refractivity contribution in [2.75, 3.05) is 13.7 Å². The van der Waals surface area contributed by atoms with Gasteiger partial charge >= 0.3 is 0 Å². The Morgan fingerprint density at radius 1 is 1.40 bits per heavy atom. The van der Waals surface area contributed by atoms with Crippen LogP contribution in [0.2, 0.25) is 19.6 Å². The van der Waals surface area contributed by atoms with Gasteiger partial charge < -0.3 is 9.41 Å². The van der Waals surface area contributed by atoms with Crippen LogP contribution in [0.1, 0.15) is 6.92 Å². The van der Waals surface area contributed by atoms with Crippen LogP contribution in [0.4, 0.5) is 0 Å². The Bertz CT molecular complexity index is 92.2. The van der Waals surface area contributed by atoms with Crippen LogP contribution in [0.25, 0.3) is 0 Å². The average Bonchev–Trinajstić information content (AvgIpc) is 1.80. The van der Waals surface area contributed by atoms with Crippen molar-refractivity contribution in [3.8, 4) is 0 Å². The summed E-state index contributed by atoms with van der Waals surface area (Å²) in [5, 5.41) is 0. The van der Waals surface area contributed by atoms with E-state index >= 15 is 0 Å². The highest BCUT2D eigenvalue weighted by Gasteiger charge is 2.28. The van der Waals surface area contributed by atoms with Crippen molar-refractivity contribution in [1.29, 1.82) is 0 Å². The molecule has 0 aliphatic heterocycles. The third-order valence-electron chi connectivity index (χ3n) is 1.38. The second-order valence-corrected chi connectivity index (χ2v) is 16.7. The van der Waals surface area contributed by atoms with E-state index < -0.39 is 16.3 Å². The molecule has 0 saturated heterocycles. The molecule has 0 amide bonds. The molecule has 1 atom stereocenters. The zero-order chi connectivity index (χ0) is 8.20. The van der Waals surface area contributed by atoms with Crippen LogP contribution in [-0.4, -0.2) is 30.0 Å². The molecule has 4 heteroatoms. The van der Waals surface area contributed by atoms with Crippen molar-refractivity contribution >= 4 is 16.3 Å². The fourth-order valence-corrected chi connectivity index (χ4v) is 7.40. The van der Waals surface area contributed by atoms with Gasteiger partial charge in [0.1, 0.15) is 0 Å². The van der Waals surface area contributed by atoms with Crippen LogP contribution >= 0.6 is 0 Å². The van der Waals surface area contributed by atoms with Crippen LogP contribution < -0.4 is 4.98 Å². The molecule has 0 saturated carbocycles. The standard InChI is InChI=1S/C6H19NOSi2/c1-6-8-9(7-2)10(3,4)5/h7,9H,6H2,1-5H3. The molecule has 0 heterocycles. The molecule has 0 aliphatic carbocycles. The lowest BCUT2D eigenvalue weighted by atomic mass is 10.9. The number of hydrogen-bond acceptors (Lipinski definition) is 2. The first-order valence-electron chi connectivity index (χ1n) is 3.81. The van der Waals surface area contributed by atoms with Crippen molar-refractivity contribution in [2.45, 2.75) is 26.6 Å². The van der Waals surface area contributed by atoms with Crippen LogP contribution in [-0.2, 0) is 4.43 Å². The first kappa shape index (κ1) is 10.4. The predicted octanol–water partition coefficient (Wildman–Crippen LogP) is 0.879. The van der Waals surface area contributed by atoms with E-state index in [0.29, 0.717) is 0 Å². The van der Waals surface area contributed by atoms with Gasteiger partial charge in [-0.25, -0.2) is 0 Å². The summed E-state index contributed by atoms with van der Waals surface area (Å²) in [4.78, 5) is 3.32. The Kier molecular flexibility index (Phi) is 4.43. The van der Waals surface area contributed by atoms with E-state index in [-0.39, 0.29) is 0 Å². The Hall–Kier alpha value is 0.354. The van der Waals surface area contributed by atoms with Crippen LogP contribution in [0.5, 0.6) is 0 Å². The van der Waals surface area contributed by atoms with E-state index in [1.807, 2.05) is 7.05 Å². The topological polar surface area (TPSA) is 21.3 Å².